The van der Waals surface area contributed by atoms with Gasteiger partial charge in [0.1, 0.15) is 0 Å². The molecule has 0 aliphatic rings. The molecule has 0 aliphatic heterocycles. The monoisotopic (exact) mass is 246 g/mol. The summed E-state index contributed by atoms with van der Waals surface area (Å²) in [5.74, 6) is 0. The Hall–Kier alpha value is 0.180. The molecule has 0 unspecified atom stereocenters. The Morgan fingerprint density at radius 1 is 1.50 bits per heavy atom. The minimum Gasteiger partial charge on any atom is -0.149 e. The van der Waals surface area contributed by atoms with Crippen molar-refractivity contribution >= 4 is 27.3 Å². The van der Waals surface area contributed by atoms with Crippen molar-refractivity contribution < 1.29 is 0 Å². The highest BCUT2D eigenvalue weighted by molar-refractivity contribution is 9.09. The van der Waals surface area contributed by atoms with E-state index in [4.69, 9.17) is 0 Å². The third kappa shape index (κ3) is 2.60. The van der Waals surface area contributed by atoms with Gasteiger partial charge in [-0.05, 0) is 35.8 Å². The molecule has 0 atom stereocenters. The van der Waals surface area contributed by atoms with Gasteiger partial charge in [0.25, 0.3) is 0 Å². The van der Waals surface area contributed by atoms with Crippen molar-refractivity contribution in [2.45, 2.75) is 27.2 Å². The van der Waals surface area contributed by atoms with E-state index in [2.05, 4.69) is 48.1 Å². The van der Waals surface area contributed by atoms with Crippen molar-refractivity contribution in [2.24, 2.45) is 5.41 Å². The van der Waals surface area contributed by atoms with E-state index < -0.39 is 0 Å². The normalized spacial score (nSPS) is 12.0. The van der Waals surface area contributed by atoms with Crippen molar-refractivity contribution in [3.63, 3.8) is 0 Å². The summed E-state index contributed by atoms with van der Waals surface area (Å²) in [5, 5.41) is 3.24. The minimum absolute atomic E-state index is 0.385. The predicted molar refractivity (Wildman–Crippen MR) is 60.3 cm³/mol. The van der Waals surface area contributed by atoms with Gasteiger partial charge in [-0.1, -0.05) is 29.8 Å². The number of thiophene rings is 1. The molecule has 0 saturated heterocycles. The Morgan fingerprint density at radius 3 is 2.58 bits per heavy atom. The topological polar surface area (TPSA) is 0 Å². The Bertz CT molecular complexity index is 250. The van der Waals surface area contributed by atoms with Crippen LogP contribution in [-0.2, 0) is 6.42 Å². The lowest BCUT2D eigenvalue weighted by atomic mass is 9.90. The second kappa shape index (κ2) is 3.93. The van der Waals surface area contributed by atoms with Crippen LogP contribution in [0.25, 0.3) is 0 Å². The van der Waals surface area contributed by atoms with Crippen LogP contribution >= 0.6 is 27.3 Å². The van der Waals surface area contributed by atoms with E-state index in [1.165, 1.54) is 16.9 Å². The van der Waals surface area contributed by atoms with Crippen LogP contribution in [-0.4, -0.2) is 5.33 Å². The Balaban J connectivity index is 2.70. The lowest BCUT2D eigenvalue weighted by molar-refractivity contribution is 0.427. The minimum atomic E-state index is 0.385. The van der Waals surface area contributed by atoms with Crippen LogP contribution in [0.15, 0.2) is 11.4 Å². The summed E-state index contributed by atoms with van der Waals surface area (Å²) in [7, 11) is 0. The number of halogens is 1. The number of hydrogen-bond donors (Lipinski definition) is 0. The van der Waals surface area contributed by atoms with Crippen molar-refractivity contribution in [1.82, 2.24) is 0 Å². The van der Waals surface area contributed by atoms with Crippen LogP contribution < -0.4 is 0 Å². The second-order valence-electron chi connectivity index (χ2n) is 4.00. The molecule has 1 rings (SSSR count). The zero-order valence-corrected chi connectivity index (χ0v) is 10.3. The Morgan fingerprint density at radius 2 is 2.17 bits per heavy atom. The molecule has 0 fully saturated rings. The standard InChI is InChI=1S/C10H15BrS/c1-8-4-5-12-9(8)6-10(2,3)7-11/h4-5H,6-7H2,1-3H3. The summed E-state index contributed by atoms with van der Waals surface area (Å²) in [6, 6.07) is 2.20. The van der Waals surface area contributed by atoms with Gasteiger partial charge in [0.2, 0.25) is 0 Å². The third-order valence-electron chi connectivity index (χ3n) is 1.97. The molecule has 68 valence electrons. The van der Waals surface area contributed by atoms with E-state index in [9.17, 15) is 0 Å². The first kappa shape index (κ1) is 10.3. The van der Waals surface area contributed by atoms with Gasteiger partial charge in [-0.3, -0.25) is 0 Å². The molecule has 0 aromatic carbocycles. The smallest absolute Gasteiger partial charge is 0.00861 e. The van der Waals surface area contributed by atoms with Crippen LogP contribution in [0.1, 0.15) is 24.3 Å². The van der Waals surface area contributed by atoms with Gasteiger partial charge in [0, 0.05) is 10.2 Å². The molecule has 0 nitrogen and oxygen atoms in total. The molecule has 1 aromatic heterocycles. The van der Waals surface area contributed by atoms with Gasteiger partial charge in [0.05, 0.1) is 0 Å². The molecule has 12 heavy (non-hydrogen) atoms. The van der Waals surface area contributed by atoms with Crippen molar-refractivity contribution in [3.8, 4) is 0 Å². The van der Waals surface area contributed by atoms with Gasteiger partial charge >= 0.3 is 0 Å². The van der Waals surface area contributed by atoms with Crippen LogP contribution in [0.2, 0.25) is 0 Å². The summed E-state index contributed by atoms with van der Waals surface area (Å²) >= 11 is 5.42. The highest BCUT2D eigenvalue weighted by Crippen LogP contribution is 2.28. The van der Waals surface area contributed by atoms with Crippen LogP contribution in [0.4, 0.5) is 0 Å². The van der Waals surface area contributed by atoms with Crippen molar-refractivity contribution in [2.75, 3.05) is 5.33 Å². The maximum Gasteiger partial charge on any atom is 0.00861 e. The van der Waals surface area contributed by atoms with Crippen molar-refractivity contribution in [1.29, 1.82) is 0 Å². The van der Waals surface area contributed by atoms with E-state index >= 15 is 0 Å². The van der Waals surface area contributed by atoms with Crippen LogP contribution in [0, 0.1) is 12.3 Å². The fraction of sp³-hybridized carbons (Fsp3) is 0.600. The van der Waals surface area contributed by atoms with Gasteiger partial charge in [-0.25, -0.2) is 0 Å². The second-order valence-corrected chi connectivity index (χ2v) is 5.56. The summed E-state index contributed by atoms with van der Waals surface area (Å²) in [5.41, 5.74) is 1.82. The quantitative estimate of drug-likeness (QED) is 0.707. The molecule has 0 bridgehead atoms. The third-order valence-corrected chi connectivity index (χ3v) is 4.51. The molecule has 1 aromatic rings. The van der Waals surface area contributed by atoms with E-state index in [0.29, 0.717) is 5.41 Å². The van der Waals surface area contributed by atoms with Crippen LogP contribution in [0.3, 0.4) is 0 Å². The highest BCUT2D eigenvalue weighted by atomic mass is 79.9. The zero-order chi connectivity index (χ0) is 9.19. The van der Waals surface area contributed by atoms with E-state index in [1.54, 1.807) is 0 Å². The Labute approximate surface area is 87.1 Å². The summed E-state index contributed by atoms with van der Waals surface area (Å²) in [6.07, 6.45) is 1.18. The van der Waals surface area contributed by atoms with E-state index in [1.807, 2.05) is 11.3 Å². The molecule has 0 amide bonds. The molecule has 0 radical (unpaired) electrons. The van der Waals surface area contributed by atoms with Gasteiger partial charge in [-0.15, -0.1) is 11.3 Å². The van der Waals surface area contributed by atoms with Gasteiger partial charge in [0.15, 0.2) is 0 Å². The number of alkyl halides is 1. The van der Waals surface area contributed by atoms with Gasteiger partial charge in [-0.2, -0.15) is 0 Å². The molecule has 0 spiro atoms. The fourth-order valence-corrected chi connectivity index (χ4v) is 2.43. The number of hydrogen-bond acceptors (Lipinski definition) is 1. The molecule has 1 heterocycles. The SMILES string of the molecule is Cc1ccsc1CC(C)(C)CBr. The molecule has 2 heteroatoms. The zero-order valence-electron chi connectivity index (χ0n) is 7.86. The average molecular weight is 247 g/mol. The predicted octanol–water partition coefficient (Wildman–Crippen LogP) is 4.02. The largest absolute Gasteiger partial charge is 0.149 e. The molecular weight excluding hydrogens is 232 g/mol. The first-order chi connectivity index (χ1) is 5.55. The lowest BCUT2D eigenvalue weighted by Crippen LogP contribution is -2.16. The van der Waals surface area contributed by atoms with E-state index in [-0.39, 0.29) is 0 Å². The summed E-state index contributed by atoms with van der Waals surface area (Å²) in [6.45, 7) is 6.78. The first-order valence-corrected chi connectivity index (χ1v) is 6.14. The molecular formula is C10H15BrS. The number of rotatable bonds is 3. The maximum atomic E-state index is 3.55. The fourth-order valence-electron chi connectivity index (χ4n) is 1.07. The molecule has 0 N–H and O–H groups in total. The first-order valence-electron chi connectivity index (χ1n) is 4.14. The van der Waals surface area contributed by atoms with Gasteiger partial charge < -0.3 is 0 Å². The summed E-state index contributed by atoms with van der Waals surface area (Å²) < 4.78 is 0. The van der Waals surface area contributed by atoms with Crippen molar-refractivity contribution in [3.05, 3.63) is 21.9 Å². The maximum absolute atomic E-state index is 3.55. The Kier molecular flexibility index (Phi) is 3.36. The molecule has 0 aliphatic carbocycles. The average Bonchev–Trinajstić information content (AvgIpc) is 2.36. The number of aryl methyl sites for hydroxylation is 1. The lowest BCUT2D eigenvalue weighted by Gasteiger charge is -2.20. The van der Waals surface area contributed by atoms with E-state index in [0.717, 1.165) is 5.33 Å². The highest BCUT2D eigenvalue weighted by Gasteiger charge is 2.18. The summed E-state index contributed by atoms with van der Waals surface area (Å²) in [4.78, 5) is 1.53. The molecule has 0 saturated carbocycles. The van der Waals surface area contributed by atoms with Crippen LogP contribution in [0.5, 0.6) is 0 Å².